The molecule has 6 nitrogen and oxygen atoms in total. The molecular weight excluding hydrogens is 376 g/mol. The Morgan fingerprint density at radius 3 is 2.46 bits per heavy atom. The zero-order valence-electron chi connectivity index (χ0n) is 14.6. The van der Waals surface area contributed by atoms with Gasteiger partial charge >= 0.3 is 0 Å². The van der Waals surface area contributed by atoms with Crippen LogP contribution in [0.2, 0.25) is 5.02 Å². The molecule has 0 aliphatic heterocycles. The molecule has 3 aromatic carbocycles. The number of hydrogen-bond donors (Lipinski definition) is 1. The van der Waals surface area contributed by atoms with Crippen LogP contribution in [0.5, 0.6) is 0 Å². The van der Waals surface area contributed by atoms with Crippen LogP contribution in [0.3, 0.4) is 0 Å². The Hall–Kier alpha value is -3.64. The Bertz CT molecular complexity index is 1120. The molecule has 0 radical (unpaired) electrons. The van der Waals surface area contributed by atoms with E-state index in [0.717, 1.165) is 22.6 Å². The van der Waals surface area contributed by atoms with E-state index in [1.54, 1.807) is 29.1 Å². The van der Waals surface area contributed by atoms with Crippen molar-refractivity contribution in [3.8, 4) is 16.9 Å². The minimum Gasteiger partial charge on any atom is -0.354 e. The summed E-state index contributed by atoms with van der Waals surface area (Å²) >= 11 is 5.95. The molecule has 0 saturated carbocycles. The molecule has 7 heteroatoms. The Morgan fingerprint density at radius 2 is 1.75 bits per heavy atom. The van der Waals surface area contributed by atoms with E-state index in [9.17, 15) is 10.1 Å². The number of rotatable bonds is 5. The second-order valence-corrected chi connectivity index (χ2v) is 6.56. The van der Waals surface area contributed by atoms with E-state index in [4.69, 9.17) is 11.6 Å². The summed E-state index contributed by atoms with van der Waals surface area (Å²) in [5.41, 5.74) is 3.91. The predicted molar refractivity (Wildman–Crippen MR) is 110 cm³/mol. The van der Waals surface area contributed by atoms with Gasteiger partial charge in [-0.3, -0.25) is 10.1 Å². The van der Waals surface area contributed by atoms with Gasteiger partial charge in [0.1, 0.15) is 0 Å². The fourth-order valence-corrected chi connectivity index (χ4v) is 2.98. The van der Waals surface area contributed by atoms with Crippen molar-refractivity contribution in [1.29, 1.82) is 0 Å². The smallest absolute Gasteiger partial charge is 0.271 e. The summed E-state index contributed by atoms with van der Waals surface area (Å²) in [6.07, 6.45) is 3.47. The number of hydrogen-bond acceptors (Lipinski definition) is 4. The molecule has 4 rings (SSSR count). The van der Waals surface area contributed by atoms with Crippen LogP contribution in [0.15, 0.2) is 85.3 Å². The van der Waals surface area contributed by atoms with Gasteiger partial charge in [0.05, 0.1) is 28.3 Å². The van der Waals surface area contributed by atoms with Crippen LogP contribution in [0, 0.1) is 10.1 Å². The first kappa shape index (κ1) is 17.8. The van der Waals surface area contributed by atoms with Crippen LogP contribution in [0.25, 0.3) is 16.9 Å². The monoisotopic (exact) mass is 390 g/mol. The van der Waals surface area contributed by atoms with E-state index in [1.165, 1.54) is 12.1 Å². The van der Waals surface area contributed by atoms with E-state index in [-0.39, 0.29) is 5.69 Å². The molecule has 0 bridgehead atoms. The topological polar surface area (TPSA) is 73.0 Å². The third kappa shape index (κ3) is 3.72. The Kier molecular flexibility index (Phi) is 4.78. The van der Waals surface area contributed by atoms with Crippen molar-refractivity contribution in [3.05, 3.63) is 100 Å². The number of para-hydroxylation sites is 1. The number of halogens is 1. The van der Waals surface area contributed by atoms with Crippen LogP contribution in [0.1, 0.15) is 0 Å². The van der Waals surface area contributed by atoms with E-state index in [1.807, 2.05) is 48.7 Å². The maximum absolute atomic E-state index is 11.3. The number of aromatic nitrogens is 2. The highest BCUT2D eigenvalue weighted by Crippen LogP contribution is 2.30. The van der Waals surface area contributed by atoms with Crippen molar-refractivity contribution < 1.29 is 4.92 Å². The van der Waals surface area contributed by atoms with Gasteiger partial charge in [0, 0.05) is 34.6 Å². The Labute approximate surface area is 166 Å². The first-order valence-corrected chi connectivity index (χ1v) is 8.89. The molecule has 1 N–H and O–H groups in total. The summed E-state index contributed by atoms with van der Waals surface area (Å²) in [6, 6.07) is 21.7. The van der Waals surface area contributed by atoms with Gasteiger partial charge in [0.25, 0.3) is 5.69 Å². The van der Waals surface area contributed by atoms with Crippen molar-refractivity contribution >= 4 is 28.7 Å². The fourth-order valence-electron chi connectivity index (χ4n) is 2.85. The van der Waals surface area contributed by atoms with Crippen molar-refractivity contribution in [2.75, 3.05) is 5.32 Å². The highest BCUT2D eigenvalue weighted by Gasteiger charge is 2.14. The maximum Gasteiger partial charge on any atom is 0.271 e. The molecule has 0 atom stereocenters. The van der Waals surface area contributed by atoms with Gasteiger partial charge in [0.2, 0.25) is 0 Å². The van der Waals surface area contributed by atoms with E-state index >= 15 is 0 Å². The molecule has 0 saturated heterocycles. The molecule has 0 fully saturated rings. The third-order valence-electron chi connectivity index (χ3n) is 4.25. The Balaban J connectivity index is 1.75. The van der Waals surface area contributed by atoms with Crippen molar-refractivity contribution in [3.63, 3.8) is 0 Å². The van der Waals surface area contributed by atoms with E-state index in [0.29, 0.717) is 10.7 Å². The molecule has 0 amide bonds. The Morgan fingerprint density at radius 1 is 1.00 bits per heavy atom. The van der Waals surface area contributed by atoms with Gasteiger partial charge in [-0.05, 0) is 30.3 Å². The summed E-state index contributed by atoms with van der Waals surface area (Å²) < 4.78 is 1.77. The molecule has 0 spiro atoms. The second kappa shape index (κ2) is 7.54. The zero-order valence-corrected chi connectivity index (χ0v) is 15.4. The molecule has 0 unspecified atom stereocenters. The van der Waals surface area contributed by atoms with Gasteiger partial charge in [-0.15, -0.1) is 0 Å². The highest BCUT2D eigenvalue weighted by atomic mass is 35.5. The summed E-state index contributed by atoms with van der Waals surface area (Å²) in [7, 11) is 0. The number of nitro groups is 1. The summed E-state index contributed by atoms with van der Waals surface area (Å²) in [5, 5.41) is 15.2. The number of non-ortho nitro benzene ring substituents is 1. The quantitative estimate of drug-likeness (QED) is 0.343. The number of nitrogens with one attached hydrogen (secondary N) is 1. The largest absolute Gasteiger partial charge is 0.354 e. The standard InChI is InChI=1S/C21H15ClN4O2/c22-16-8-6-15(7-9-16)20-13-25(14-23-20)21-12-18(26(27)28)10-11-19(21)24-17-4-2-1-3-5-17/h1-14,24H. The molecule has 0 aliphatic carbocycles. The van der Waals surface area contributed by atoms with Crippen LogP contribution in [0.4, 0.5) is 17.1 Å². The normalized spacial score (nSPS) is 10.6. The number of imidazole rings is 1. The predicted octanol–water partition coefficient (Wildman–Crippen LogP) is 5.84. The van der Waals surface area contributed by atoms with Crippen LogP contribution in [-0.2, 0) is 0 Å². The molecule has 0 aliphatic rings. The number of nitrogens with zero attached hydrogens (tertiary/aromatic N) is 3. The highest BCUT2D eigenvalue weighted by molar-refractivity contribution is 6.30. The minimum atomic E-state index is -0.410. The fraction of sp³-hybridized carbons (Fsp3) is 0. The van der Waals surface area contributed by atoms with Gasteiger partial charge in [-0.25, -0.2) is 4.98 Å². The minimum absolute atomic E-state index is 0.00959. The molecule has 1 aromatic heterocycles. The molecule has 138 valence electrons. The van der Waals surface area contributed by atoms with E-state index in [2.05, 4.69) is 10.3 Å². The third-order valence-corrected chi connectivity index (χ3v) is 4.50. The first-order valence-electron chi connectivity index (χ1n) is 8.51. The lowest BCUT2D eigenvalue weighted by Gasteiger charge is -2.12. The number of nitro benzene ring substituents is 1. The van der Waals surface area contributed by atoms with Crippen molar-refractivity contribution in [2.45, 2.75) is 0 Å². The molecule has 28 heavy (non-hydrogen) atoms. The first-order chi connectivity index (χ1) is 13.6. The molecule has 4 aromatic rings. The average Bonchev–Trinajstić information content (AvgIpc) is 3.19. The summed E-state index contributed by atoms with van der Waals surface area (Å²) in [4.78, 5) is 15.3. The van der Waals surface area contributed by atoms with Gasteiger partial charge in [-0.2, -0.15) is 0 Å². The summed E-state index contributed by atoms with van der Waals surface area (Å²) in [5.74, 6) is 0. The molecule has 1 heterocycles. The maximum atomic E-state index is 11.3. The average molecular weight is 391 g/mol. The van der Waals surface area contributed by atoms with Crippen LogP contribution < -0.4 is 5.32 Å². The zero-order chi connectivity index (χ0) is 19.5. The van der Waals surface area contributed by atoms with Crippen molar-refractivity contribution in [1.82, 2.24) is 9.55 Å². The van der Waals surface area contributed by atoms with Crippen molar-refractivity contribution in [2.24, 2.45) is 0 Å². The number of benzene rings is 3. The molecular formula is C21H15ClN4O2. The summed E-state index contributed by atoms with van der Waals surface area (Å²) in [6.45, 7) is 0. The lowest BCUT2D eigenvalue weighted by Crippen LogP contribution is -2.00. The second-order valence-electron chi connectivity index (χ2n) is 6.12. The number of anilines is 2. The van der Waals surface area contributed by atoms with Crippen LogP contribution >= 0.6 is 11.6 Å². The van der Waals surface area contributed by atoms with Crippen LogP contribution in [-0.4, -0.2) is 14.5 Å². The van der Waals surface area contributed by atoms with Gasteiger partial charge in [-0.1, -0.05) is 41.9 Å². The van der Waals surface area contributed by atoms with Gasteiger partial charge in [0.15, 0.2) is 0 Å². The van der Waals surface area contributed by atoms with Gasteiger partial charge < -0.3 is 9.88 Å². The van der Waals surface area contributed by atoms with E-state index < -0.39 is 4.92 Å². The lowest BCUT2D eigenvalue weighted by molar-refractivity contribution is -0.384. The lowest BCUT2D eigenvalue weighted by atomic mass is 10.2. The SMILES string of the molecule is O=[N+]([O-])c1ccc(Nc2ccccc2)c(-n2cnc(-c3ccc(Cl)cc3)c2)c1.